The molecule has 0 aliphatic carbocycles. The fourth-order valence-electron chi connectivity index (χ4n) is 3.60. The van der Waals surface area contributed by atoms with Crippen molar-refractivity contribution in [2.75, 3.05) is 7.05 Å². The Morgan fingerprint density at radius 3 is 2.53 bits per heavy atom. The monoisotopic (exact) mass is 431 g/mol. The van der Waals surface area contributed by atoms with Gasteiger partial charge in [-0.1, -0.05) is 24.3 Å². The van der Waals surface area contributed by atoms with Crippen molar-refractivity contribution in [1.82, 2.24) is 30.0 Å². The normalized spacial score (nSPS) is 11.6. The molecule has 2 aromatic heterocycles. The summed E-state index contributed by atoms with van der Waals surface area (Å²) in [6, 6.07) is 15.3. The van der Waals surface area contributed by atoms with Crippen LogP contribution in [0.2, 0.25) is 0 Å². The Balaban J connectivity index is 1.40. The molecule has 0 saturated carbocycles. The molecule has 2 heterocycles. The van der Waals surface area contributed by atoms with Crippen molar-refractivity contribution in [2.45, 2.75) is 26.9 Å². The number of nitrogens with zero attached hydrogens (tertiary/aromatic N) is 5. The molecule has 0 spiro atoms. The van der Waals surface area contributed by atoms with Gasteiger partial charge in [0.1, 0.15) is 5.82 Å². The molecule has 0 radical (unpaired) electrons. The first-order valence-corrected chi connectivity index (χ1v) is 10.4. The summed E-state index contributed by atoms with van der Waals surface area (Å²) < 4.78 is 18.1. The van der Waals surface area contributed by atoms with Crippen molar-refractivity contribution in [3.63, 3.8) is 0 Å². The van der Waals surface area contributed by atoms with Crippen LogP contribution in [0.1, 0.15) is 22.5 Å². The molecule has 0 amide bonds. The van der Waals surface area contributed by atoms with E-state index < -0.39 is 0 Å². The predicted octanol–water partition coefficient (Wildman–Crippen LogP) is 3.68. The third kappa shape index (κ3) is 4.69. The van der Waals surface area contributed by atoms with Crippen LogP contribution in [0.25, 0.3) is 11.4 Å². The first-order valence-electron chi connectivity index (χ1n) is 10.4. The minimum Gasteiger partial charge on any atom is -0.352 e. The summed E-state index contributed by atoms with van der Waals surface area (Å²) in [5.41, 5.74) is 5.47. The molecule has 4 rings (SSSR count). The Kier molecular flexibility index (Phi) is 6.30. The molecule has 4 aromatic rings. The number of benzene rings is 2. The summed E-state index contributed by atoms with van der Waals surface area (Å²) >= 11 is 0. The summed E-state index contributed by atoms with van der Waals surface area (Å²) in [4.78, 5) is 8.25. The number of halogens is 1. The summed E-state index contributed by atoms with van der Waals surface area (Å²) in [7, 11) is 1.71. The maximum absolute atomic E-state index is 14.5. The second-order valence-corrected chi connectivity index (χ2v) is 7.50. The zero-order valence-corrected chi connectivity index (χ0v) is 18.4. The highest BCUT2D eigenvalue weighted by Crippen LogP contribution is 2.17. The second-order valence-electron chi connectivity index (χ2n) is 7.50. The minimum atomic E-state index is -0.302. The summed E-state index contributed by atoms with van der Waals surface area (Å²) in [6.07, 6.45) is 4.91. The van der Waals surface area contributed by atoms with Crippen LogP contribution < -0.4 is 10.6 Å². The molecule has 2 N–H and O–H groups in total. The number of hydrogen-bond acceptors (Lipinski definition) is 3. The van der Waals surface area contributed by atoms with E-state index in [2.05, 4.69) is 43.9 Å². The van der Waals surface area contributed by atoms with Gasteiger partial charge in [0.2, 0.25) is 0 Å². The van der Waals surface area contributed by atoms with Crippen molar-refractivity contribution < 1.29 is 4.39 Å². The number of nitrogens with one attached hydrogen (secondary N) is 2. The lowest BCUT2D eigenvalue weighted by molar-refractivity contribution is 0.615. The molecule has 8 heteroatoms. The van der Waals surface area contributed by atoms with Gasteiger partial charge in [-0.15, -0.1) is 0 Å². The minimum absolute atomic E-state index is 0.302. The van der Waals surface area contributed by atoms with Crippen LogP contribution in [0.3, 0.4) is 0 Å². The molecule has 7 nitrogen and oxygen atoms in total. The zero-order chi connectivity index (χ0) is 22.5. The molecule has 0 fully saturated rings. The molecule has 0 aliphatic rings. The number of aryl methyl sites for hydroxylation is 2. The first kappa shape index (κ1) is 21.3. The van der Waals surface area contributed by atoms with Crippen LogP contribution in [-0.4, -0.2) is 32.3 Å². The number of imidazole rings is 1. The van der Waals surface area contributed by atoms with Gasteiger partial charge < -0.3 is 15.2 Å². The SMILES string of the molecule is CN=C(NCc1ccc(-n2ccnc2)c(F)c1)NCc1ccccc1-n1nc(C)cc1C. The van der Waals surface area contributed by atoms with Crippen LogP contribution >= 0.6 is 0 Å². The highest BCUT2D eigenvalue weighted by atomic mass is 19.1. The third-order valence-electron chi connectivity index (χ3n) is 5.15. The quantitative estimate of drug-likeness (QED) is 0.361. The van der Waals surface area contributed by atoms with E-state index in [0.717, 1.165) is 28.2 Å². The Morgan fingerprint density at radius 1 is 1.03 bits per heavy atom. The Morgan fingerprint density at radius 2 is 1.84 bits per heavy atom. The van der Waals surface area contributed by atoms with E-state index in [1.165, 1.54) is 6.07 Å². The molecular formula is C24H26FN7. The lowest BCUT2D eigenvalue weighted by Crippen LogP contribution is -2.36. The average molecular weight is 432 g/mol. The van der Waals surface area contributed by atoms with Crippen molar-refractivity contribution in [1.29, 1.82) is 0 Å². The Bertz CT molecular complexity index is 1230. The number of para-hydroxylation sites is 1. The van der Waals surface area contributed by atoms with Crippen molar-refractivity contribution in [2.24, 2.45) is 4.99 Å². The topological polar surface area (TPSA) is 72.1 Å². The lowest BCUT2D eigenvalue weighted by atomic mass is 10.1. The largest absolute Gasteiger partial charge is 0.352 e. The van der Waals surface area contributed by atoms with E-state index in [0.29, 0.717) is 24.7 Å². The molecule has 164 valence electrons. The van der Waals surface area contributed by atoms with Gasteiger partial charge in [0.25, 0.3) is 0 Å². The molecule has 0 unspecified atom stereocenters. The number of aromatic nitrogens is 4. The van der Waals surface area contributed by atoms with Gasteiger partial charge in [-0.25, -0.2) is 14.1 Å². The van der Waals surface area contributed by atoms with Gasteiger partial charge in [-0.3, -0.25) is 4.99 Å². The Labute approximate surface area is 186 Å². The van der Waals surface area contributed by atoms with Crippen molar-refractivity contribution >= 4 is 5.96 Å². The maximum atomic E-state index is 14.5. The Hall–Kier alpha value is -3.94. The van der Waals surface area contributed by atoms with Crippen LogP contribution in [0, 0.1) is 19.7 Å². The van der Waals surface area contributed by atoms with Gasteiger partial charge >= 0.3 is 0 Å². The molecule has 0 atom stereocenters. The fourth-order valence-corrected chi connectivity index (χ4v) is 3.60. The van der Waals surface area contributed by atoms with Gasteiger partial charge in [0.05, 0.1) is 23.4 Å². The number of rotatable bonds is 6. The zero-order valence-electron chi connectivity index (χ0n) is 18.4. The van der Waals surface area contributed by atoms with Crippen LogP contribution in [0.15, 0.2) is 72.2 Å². The van der Waals surface area contributed by atoms with Crippen LogP contribution in [0.5, 0.6) is 0 Å². The van der Waals surface area contributed by atoms with E-state index in [-0.39, 0.29) is 5.82 Å². The van der Waals surface area contributed by atoms with Gasteiger partial charge in [0, 0.05) is 38.2 Å². The smallest absolute Gasteiger partial charge is 0.191 e. The fraction of sp³-hybridized carbons (Fsp3) is 0.208. The molecule has 0 bridgehead atoms. The van der Waals surface area contributed by atoms with E-state index in [9.17, 15) is 4.39 Å². The molecular weight excluding hydrogens is 405 g/mol. The average Bonchev–Trinajstić information content (AvgIpc) is 3.43. The maximum Gasteiger partial charge on any atom is 0.191 e. The highest BCUT2D eigenvalue weighted by molar-refractivity contribution is 5.79. The molecule has 32 heavy (non-hydrogen) atoms. The van der Waals surface area contributed by atoms with E-state index in [4.69, 9.17) is 0 Å². The second kappa shape index (κ2) is 9.47. The van der Waals surface area contributed by atoms with Crippen LogP contribution in [-0.2, 0) is 13.1 Å². The number of guanidine groups is 1. The van der Waals surface area contributed by atoms with E-state index in [1.54, 1.807) is 36.4 Å². The van der Waals surface area contributed by atoms with Crippen molar-refractivity contribution in [3.8, 4) is 11.4 Å². The van der Waals surface area contributed by atoms with Gasteiger partial charge in [-0.2, -0.15) is 5.10 Å². The molecule has 2 aromatic carbocycles. The number of hydrogen-bond donors (Lipinski definition) is 2. The predicted molar refractivity (Wildman–Crippen MR) is 124 cm³/mol. The van der Waals surface area contributed by atoms with Gasteiger partial charge in [-0.05, 0) is 49.2 Å². The van der Waals surface area contributed by atoms with Crippen LogP contribution in [0.4, 0.5) is 4.39 Å². The van der Waals surface area contributed by atoms with E-state index in [1.807, 2.05) is 36.7 Å². The molecule has 0 saturated heterocycles. The standard InChI is InChI=1S/C24H26FN7/c1-17-12-18(2)32(30-17)22-7-5-4-6-20(22)15-29-24(26-3)28-14-19-8-9-23(21(25)13-19)31-11-10-27-16-31/h4-13,16H,14-15H2,1-3H3,(H2,26,28,29). The summed E-state index contributed by atoms with van der Waals surface area (Å²) in [6.45, 7) is 5.05. The van der Waals surface area contributed by atoms with Gasteiger partial charge in [0.15, 0.2) is 5.96 Å². The summed E-state index contributed by atoms with van der Waals surface area (Å²) in [5.74, 6) is 0.330. The third-order valence-corrected chi connectivity index (χ3v) is 5.15. The van der Waals surface area contributed by atoms with Crippen molar-refractivity contribution in [3.05, 3.63) is 95.6 Å². The highest BCUT2D eigenvalue weighted by Gasteiger charge is 2.10. The number of aliphatic imine (C=N–C) groups is 1. The van der Waals surface area contributed by atoms with E-state index >= 15 is 0 Å². The summed E-state index contributed by atoms with van der Waals surface area (Å²) in [5, 5.41) is 11.2. The lowest BCUT2D eigenvalue weighted by Gasteiger charge is -2.15. The first-order chi connectivity index (χ1) is 15.5. The molecule has 0 aliphatic heterocycles.